The molecule has 0 aliphatic carbocycles. The molecule has 8 heteroatoms. The van der Waals surface area contributed by atoms with Crippen molar-refractivity contribution in [2.45, 2.75) is 26.7 Å². The molecule has 2 aromatic rings. The minimum absolute atomic E-state index is 0.283. The third-order valence-electron chi connectivity index (χ3n) is 4.02. The zero-order valence-electron chi connectivity index (χ0n) is 16.7. The summed E-state index contributed by atoms with van der Waals surface area (Å²) in [4.78, 5) is 29.1. The van der Waals surface area contributed by atoms with Gasteiger partial charge in [0.2, 0.25) is 0 Å². The van der Waals surface area contributed by atoms with Crippen molar-refractivity contribution in [3.63, 3.8) is 0 Å². The number of methoxy groups -OCH3 is 1. The topological polar surface area (TPSA) is 85.9 Å². The van der Waals surface area contributed by atoms with Crippen molar-refractivity contribution in [3.05, 3.63) is 53.3 Å². The molecule has 0 aromatic heterocycles. The molecule has 0 heterocycles. The fourth-order valence-electron chi connectivity index (χ4n) is 2.40. The lowest BCUT2D eigenvalue weighted by Crippen LogP contribution is -2.29. The lowest BCUT2D eigenvalue weighted by molar-refractivity contribution is -0.122. The summed E-state index contributed by atoms with van der Waals surface area (Å²) < 4.78 is 24.1. The lowest BCUT2D eigenvalue weighted by atomic mass is 10.2. The van der Waals surface area contributed by atoms with Gasteiger partial charge in [-0.3, -0.25) is 14.4 Å². The quantitative estimate of drug-likeness (QED) is 0.467. The Hall–Kier alpha value is -3.13. The maximum absolute atomic E-state index is 13.3. The maximum atomic E-state index is 13.3. The molecule has 2 amide bonds. The van der Waals surface area contributed by atoms with Crippen molar-refractivity contribution in [3.8, 4) is 11.5 Å². The molecule has 156 valence electrons. The van der Waals surface area contributed by atoms with Crippen LogP contribution >= 0.6 is 0 Å². The van der Waals surface area contributed by atoms with Crippen molar-refractivity contribution >= 4 is 17.5 Å². The van der Waals surface area contributed by atoms with Crippen molar-refractivity contribution in [2.75, 3.05) is 25.6 Å². The average Bonchev–Trinajstić information content (AvgIpc) is 2.71. The molecule has 0 fully saturated rings. The van der Waals surface area contributed by atoms with E-state index in [9.17, 15) is 14.0 Å². The van der Waals surface area contributed by atoms with Crippen LogP contribution in [0.3, 0.4) is 0 Å². The molecule has 2 aromatic carbocycles. The van der Waals surface area contributed by atoms with Gasteiger partial charge in [-0.1, -0.05) is 19.4 Å². The van der Waals surface area contributed by atoms with Crippen LogP contribution in [-0.4, -0.2) is 32.1 Å². The van der Waals surface area contributed by atoms with Crippen LogP contribution in [0.4, 0.5) is 10.1 Å². The van der Waals surface area contributed by atoms with Crippen LogP contribution in [0.15, 0.2) is 36.4 Å². The van der Waals surface area contributed by atoms with Crippen LogP contribution in [0.1, 0.15) is 35.7 Å². The highest BCUT2D eigenvalue weighted by atomic mass is 19.1. The molecule has 29 heavy (non-hydrogen) atoms. The number of carbonyl (C=O) groups is 2. The van der Waals surface area contributed by atoms with E-state index in [1.54, 1.807) is 25.1 Å². The Labute approximate surface area is 169 Å². The van der Waals surface area contributed by atoms with E-state index in [2.05, 4.69) is 17.7 Å². The zero-order chi connectivity index (χ0) is 21.2. The zero-order valence-corrected chi connectivity index (χ0v) is 16.7. The summed E-state index contributed by atoms with van der Waals surface area (Å²) in [6.07, 6.45) is 1.92. The van der Waals surface area contributed by atoms with Gasteiger partial charge in [-0.2, -0.15) is 0 Å². The molecule has 0 aliphatic heterocycles. The van der Waals surface area contributed by atoms with Crippen LogP contribution in [0, 0.1) is 12.7 Å². The fraction of sp³-hybridized carbons (Fsp3) is 0.333. The van der Waals surface area contributed by atoms with Gasteiger partial charge in [-0.25, -0.2) is 9.87 Å². The molecular formula is C21H25FN2O5. The van der Waals surface area contributed by atoms with Crippen LogP contribution in [-0.2, 0) is 9.63 Å². The normalized spacial score (nSPS) is 10.3. The number of unbranched alkanes of at least 4 members (excludes halogenated alkanes) is 1. The van der Waals surface area contributed by atoms with E-state index >= 15 is 0 Å². The van der Waals surface area contributed by atoms with Crippen LogP contribution in [0.25, 0.3) is 0 Å². The third kappa shape index (κ3) is 6.76. The third-order valence-corrected chi connectivity index (χ3v) is 4.02. The summed E-state index contributed by atoms with van der Waals surface area (Å²) in [5, 5.41) is 2.52. The molecule has 0 saturated heterocycles. The number of aryl methyl sites for hydroxylation is 1. The summed E-state index contributed by atoms with van der Waals surface area (Å²) in [7, 11) is 1.49. The Morgan fingerprint density at radius 2 is 1.90 bits per heavy atom. The predicted octanol–water partition coefficient (Wildman–Crippen LogP) is 3.62. The SMILES string of the molecule is CCCCOc1ccc(C(=O)NOCC(=O)Nc2cc(F)ccc2C)cc1OC. The number of hydroxylamine groups is 1. The smallest absolute Gasteiger partial charge is 0.274 e. The number of carbonyl (C=O) groups excluding carboxylic acids is 2. The molecular weight excluding hydrogens is 379 g/mol. The second-order valence-corrected chi connectivity index (χ2v) is 6.29. The van der Waals surface area contributed by atoms with E-state index in [-0.39, 0.29) is 5.56 Å². The van der Waals surface area contributed by atoms with Gasteiger partial charge in [-0.15, -0.1) is 0 Å². The van der Waals surface area contributed by atoms with Gasteiger partial charge in [0.05, 0.1) is 13.7 Å². The number of ether oxygens (including phenoxy) is 2. The van der Waals surface area contributed by atoms with Gasteiger partial charge < -0.3 is 14.8 Å². The summed E-state index contributed by atoms with van der Waals surface area (Å²) in [5.41, 5.74) is 3.52. The first kappa shape index (κ1) is 22.2. The Balaban J connectivity index is 1.86. The van der Waals surface area contributed by atoms with Gasteiger partial charge in [0.1, 0.15) is 5.82 Å². The first-order valence-electron chi connectivity index (χ1n) is 9.23. The first-order chi connectivity index (χ1) is 13.9. The van der Waals surface area contributed by atoms with Crippen molar-refractivity contribution in [1.29, 1.82) is 0 Å². The van der Waals surface area contributed by atoms with E-state index in [1.165, 1.54) is 25.3 Å². The number of anilines is 1. The lowest BCUT2D eigenvalue weighted by Gasteiger charge is -2.12. The largest absolute Gasteiger partial charge is 0.493 e. The highest BCUT2D eigenvalue weighted by Crippen LogP contribution is 2.28. The number of amides is 2. The fourth-order valence-corrected chi connectivity index (χ4v) is 2.40. The molecule has 0 saturated carbocycles. The molecule has 0 radical (unpaired) electrons. The van der Waals surface area contributed by atoms with Crippen molar-refractivity contribution in [1.82, 2.24) is 5.48 Å². The first-order valence-corrected chi connectivity index (χ1v) is 9.23. The molecule has 0 atom stereocenters. The van der Waals surface area contributed by atoms with Gasteiger partial charge in [0, 0.05) is 11.3 Å². The monoisotopic (exact) mass is 404 g/mol. The predicted molar refractivity (Wildman–Crippen MR) is 107 cm³/mol. The van der Waals surface area contributed by atoms with Gasteiger partial charge in [-0.05, 0) is 49.2 Å². The summed E-state index contributed by atoms with van der Waals surface area (Å²) in [5.74, 6) is -0.568. The minimum Gasteiger partial charge on any atom is -0.493 e. The Bertz CT molecular complexity index is 857. The van der Waals surface area contributed by atoms with E-state index in [0.717, 1.165) is 12.8 Å². The Kier molecular flexibility index (Phi) is 8.42. The van der Waals surface area contributed by atoms with E-state index in [1.807, 2.05) is 0 Å². The molecule has 0 bridgehead atoms. The van der Waals surface area contributed by atoms with E-state index < -0.39 is 24.2 Å². The molecule has 0 aliphatic rings. The molecule has 7 nitrogen and oxygen atoms in total. The Morgan fingerprint density at radius 1 is 1.10 bits per heavy atom. The number of hydrogen-bond acceptors (Lipinski definition) is 5. The average molecular weight is 404 g/mol. The second kappa shape index (κ2) is 11.0. The van der Waals surface area contributed by atoms with Crippen LogP contribution in [0.2, 0.25) is 0 Å². The molecule has 2 rings (SSSR count). The second-order valence-electron chi connectivity index (χ2n) is 6.29. The van der Waals surface area contributed by atoms with Crippen LogP contribution in [0.5, 0.6) is 11.5 Å². The van der Waals surface area contributed by atoms with Crippen molar-refractivity contribution < 1.29 is 28.3 Å². The van der Waals surface area contributed by atoms with Crippen molar-refractivity contribution in [2.24, 2.45) is 0 Å². The number of halogens is 1. The molecule has 0 unspecified atom stereocenters. The summed E-state index contributed by atoms with van der Waals surface area (Å²) >= 11 is 0. The molecule has 0 spiro atoms. The van der Waals surface area contributed by atoms with Gasteiger partial charge in [0.25, 0.3) is 11.8 Å². The number of hydrogen-bond donors (Lipinski definition) is 2. The van der Waals surface area contributed by atoms with Gasteiger partial charge >= 0.3 is 0 Å². The standard InChI is InChI=1S/C21H25FN2O5/c1-4-5-10-28-18-9-7-15(11-19(18)27-3)21(26)24-29-13-20(25)23-17-12-16(22)8-6-14(17)2/h6-9,11-12H,4-5,10,13H2,1-3H3,(H,23,25)(H,24,26). The van der Waals surface area contributed by atoms with Gasteiger partial charge in [0.15, 0.2) is 18.1 Å². The van der Waals surface area contributed by atoms with E-state index in [0.29, 0.717) is 29.4 Å². The highest BCUT2D eigenvalue weighted by Gasteiger charge is 2.13. The highest BCUT2D eigenvalue weighted by molar-refractivity contribution is 5.95. The number of nitrogens with one attached hydrogen (secondary N) is 2. The van der Waals surface area contributed by atoms with Crippen LogP contribution < -0.4 is 20.3 Å². The Morgan fingerprint density at radius 3 is 2.62 bits per heavy atom. The number of benzene rings is 2. The summed E-state index contributed by atoms with van der Waals surface area (Å²) in [6.45, 7) is 3.92. The summed E-state index contributed by atoms with van der Waals surface area (Å²) in [6, 6.07) is 8.80. The van der Waals surface area contributed by atoms with E-state index in [4.69, 9.17) is 14.3 Å². The number of rotatable bonds is 10. The minimum atomic E-state index is -0.543. The molecule has 2 N–H and O–H groups in total. The maximum Gasteiger partial charge on any atom is 0.274 e.